The van der Waals surface area contributed by atoms with Crippen LogP contribution >= 0.6 is 0 Å². The van der Waals surface area contributed by atoms with Crippen LogP contribution in [0.4, 0.5) is 0 Å². The van der Waals surface area contributed by atoms with E-state index in [2.05, 4.69) is 15.5 Å². The molecule has 0 saturated carbocycles. The van der Waals surface area contributed by atoms with Gasteiger partial charge in [-0.1, -0.05) is 25.5 Å². The van der Waals surface area contributed by atoms with Crippen molar-refractivity contribution in [3.05, 3.63) is 12.2 Å². The molecule has 2 heterocycles. The van der Waals surface area contributed by atoms with E-state index in [0.717, 1.165) is 19.6 Å². The standard InChI is InChI=1S/C18H31N3O4/c1-2-17(23)20-15-7-6-14(25-16(15)13-22)12-18(24)19-8-11-21-9-4-3-5-10-21/h6-7,14-16,22H,2-5,8-13H2,1H3,(H,19,24)(H,20,23)/t14-,15+,16-/m1/s1. The highest BCUT2D eigenvalue weighted by molar-refractivity contribution is 5.77. The van der Waals surface area contributed by atoms with Crippen molar-refractivity contribution in [2.24, 2.45) is 0 Å². The summed E-state index contributed by atoms with van der Waals surface area (Å²) in [6.45, 7) is 5.34. The topological polar surface area (TPSA) is 90.9 Å². The lowest BCUT2D eigenvalue weighted by molar-refractivity contribution is -0.128. The molecule has 2 rings (SSSR count). The molecule has 7 heteroatoms. The van der Waals surface area contributed by atoms with E-state index in [1.54, 1.807) is 13.0 Å². The maximum absolute atomic E-state index is 12.1. The number of piperidine rings is 1. The van der Waals surface area contributed by atoms with Crippen LogP contribution in [0.1, 0.15) is 39.0 Å². The third-order valence-electron chi connectivity index (χ3n) is 4.70. The SMILES string of the molecule is CCC(=O)N[C@H]1C=C[C@H](CC(=O)NCCN2CCCCC2)O[C@@H]1CO. The van der Waals surface area contributed by atoms with Gasteiger partial charge in [-0.2, -0.15) is 0 Å². The van der Waals surface area contributed by atoms with E-state index < -0.39 is 6.10 Å². The highest BCUT2D eigenvalue weighted by atomic mass is 16.5. The predicted molar refractivity (Wildman–Crippen MR) is 95.0 cm³/mol. The zero-order chi connectivity index (χ0) is 18.1. The fourth-order valence-corrected chi connectivity index (χ4v) is 3.22. The summed E-state index contributed by atoms with van der Waals surface area (Å²) in [5.74, 6) is -0.148. The summed E-state index contributed by atoms with van der Waals surface area (Å²) >= 11 is 0. The largest absolute Gasteiger partial charge is 0.394 e. The van der Waals surface area contributed by atoms with E-state index in [0.29, 0.717) is 13.0 Å². The van der Waals surface area contributed by atoms with Crippen molar-refractivity contribution in [3.8, 4) is 0 Å². The van der Waals surface area contributed by atoms with Gasteiger partial charge in [0.05, 0.1) is 25.2 Å². The number of carbonyl (C=O) groups is 2. The summed E-state index contributed by atoms with van der Waals surface area (Å²) in [7, 11) is 0. The van der Waals surface area contributed by atoms with E-state index in [-0.39, 0.29) is 37.0 Å². The van der Waals surface area contributed by atoms with Crippen molar-refractivity contribution in [1.82, 2.24) is 15.5 Å². The van der Waals surface area contributed by atoms with Crippen molar-refractivity contribution in [2.45, 2.75) is 57.3 Å². The van der Waals surface area contributed by atoms with E-state index in [9.17, 15) is 14.7 Å². The number of hydrogen-bond donors (Lipinski definition) is 3. The average Bonchev–Trinajstić information content (AvgIpc) is 2.63. The number of rotatable bonds is 8. The van der Waals surface area contributed by atoms with Gasteiger partial charge in [0.1, 0.15) is 6.10 Å². The van der Waals surface area contributed by atoms with Crippen molar-refractivity contribution < 1.29 is 19.4 Å². The fourth-order valence-electron chi connectivity index (χ4n) is 3.22. The Morgan fingerprint density at radius 1 is 1.20 bits per heavy atom. The monoisotopic (exact) mass is 353 g/mol. The number of nitrogens with one attached hydrogen (secondary N) is 2. The van der Waals surface area contributed by atoms with E-state index in [1.165, 1.54) is 19.3 Å². The third-order valence-corrected chi connectivity index (χ3v) is 4.70. The lowest BCUT2D eigenvalue weighted by Crippen LogP contribution is -2.49. The van der Waals surface area contributed by atoms with Gasteiger partial charge >= 0.3 is 0 Å². The lowest BCUT2D eigenvalue weighted by atomic mass is 10.0. The van der Waals surface area contributed by atoms with Crippen LogP contribution in [-0.2, 0) is 14.3 Å². The van der Waals surface area contributed by atoms with Crippen LogP contribution in [0.2, 0.25) is 0 Å². The number of nitrogens with zero attached hydrogens (tertiary/aromatic N) is 1. The molecule has 0 spiro atoms. The molecule has 3 atom stereocenters. The summed E-state index contributed by atoms with van der Waals surface area (Å²) in [5.41, 5.74) is 0. The van der Waals surface area contributed by atoms with Gasteiger partial charge in [0.15, 0.2) is 0 Å². The van der Waals surface area contributed by atoms with E-state index in [4.69, 9.17) is 4.74 Å². The number of aliphatic hydroxyl groups is 1. The minimum atomic E-state index is -0.522. The molecule has 25 heavy (non-hydrogen) atoms. The number of likely N-dealkylation sites (tertiary alicyclic amines) is 1. The first-order chi connectivity index (χ1) is 12.1. The second-order valence-corrected chi connectivity index (χ2v) is 6.68. The Labute approximate surface area is 149 Å². The Balaban J connectivity index is 1.71. The smallest absolute Gasteiger partial charge is 0.222 e. The summed E-state index contributed by atoms with van der Waals surface area (Å²) in [5, 5.41) is 15.2. The maximum atomic E-state index is 12.1. The van der Waals surface area contributed by atoms with Gasteiger partial charge < -0.3 is 25.4 Å². The number of aliphatic hydroxyl groups excluding tert-OH is 1. The van der Waals surface area contributed by atoms with Crippen LogP contribution in [0.3, 0.4) is 0 Å². The minimum absolute atomic E-state index is 0.0561. The van der Waals surface area contributed by atoms with Gasteiger partial charge in [0.2, 0.25) is 11.8 Å². The first-order valence-electron chi connectivity index (χ1n) is 9.35. The van der Waals surface area contributed by atoms with Crippen LogP contribution in [0, 0.1) is 0 Å². The van der Waals surface area contributed by atoms with Crippen LogP contribution in [0.25, 0.3) is 0 Å². The van der Waals surface area contributed by atoms with Crippen molar-refractivity contribution in [2.75, 3.05) is 32.8 Å². The Hall–Kier alpha value is -1.44. The van der Waals surface area contributed by atoms with Gasteiger partial charge in [-0.3, -0.25) is 9.59 Å². The first kappa shape index (κ1) is 19.9. The quantitative estimate of drug-likeness (QED) is 0.542. The molecule has 7 nitrogen and oxygen atoms in total. The zero-order valence-electron chi connectivity index (χ0n) is 15.1. The molecule has 0 unspecified atom stereocenters. The molecular formula is C18H31N3O4. The summed E-state index contributed by atoms with van der Waals surface area (Å²) < 4.78 is 5.74. The van der Waals surface area contributed by atoms with Gasteiger partial charge in [-0.05, 0) is 25.9 Å². The van der Waals surface area contributed by atoms with Crippen LogP contribution in [-0.4, -0.2) is 72.9 Å². The first-order valence-corrected chi connectivity index (χ1v) is 9.35. The molecule has 0 bridgehead atoms. The second kappa shape index (κ2) is 10.5. The molecule has 0 radical (unpaired) electrons. The molecule has 2 aliphatic heterocycles. The van der Waals surface area contributed by atoms with Crippen LogP contribution in [0.5, 0.6) is 0 Å². The zero-order valence-corrected chi connectivity index (χ0v) is 15.1. The number of ether oxygens (including phenoxy) is 1. The molecule has 2 amide bonds. The van der Waals surface area contributed by atoms with Crippen LogP contribution in [0.15, 0.2) is 12.2 Å². The molecule has 3 N–H and O–H groups in total. The normalized spacial score (nSPS) is 27.0. The summed E-state index contributed by atoms with van der Waals surface area (Å²) in [4.78, 5) is 26.0. The fraction of sp³-hybridized carbons (Fsp3) is 0.778. The van der Waals surface area contributed by atoms with E-state index >= 15 is 0 Å². The highest BCUT2D eigenvalue weighted by Gasteiger charge is 2.28. The number of amides is 2. The predicted octanol–water partition coefficient (Wildman–Crippen LogP) is 0.189. The maximum Gasteiger partial charge on any atom is 0.222 e. The van der Waals surface area contributed by atoms with Crippen molar-refractivity contribution in [1.29, 1.82) is 0 Å². The Kier molecular flexibility index (Phi) is 8.37. The third kappa shape index (κ3) is 6.76. The molecule has 1 saturated heterocycles. The molecule has 0 aromatic heterocycles. The lowest BCUT2D eigenvalue weighted by Gasteiger charge is -2.31. The van der Waals surface area contributed by atoms with Gasteiger partial charge in [0, 0.05) is 19.5 Å². The summed E-state index contributed by atoms with van der Waals surface area (Å²) in [6, 6.07) is -0.351. The molecule has 2 aliphatic rings. The van der Waals surface area contributed by atoms with Crippen molar-refractivity contribution >= 4 is 11.8 Å². The summed E-state index contributed by atoms with van der Waals surface area (Å²) in [6.07, 6.45) is 7.10. The molecule has 1 fully saturated rings. The van der Waals surface area contributed by atoms with Gasteiger partial charge in [-0.25, -0.2) is 0 Å². The van der Waals surface area contributed by atoms with Crippen molar-refractivity contribution in [3.63, 3.8) is 0 Å². The average molecular weight is 353 g/mol. The Bertz CT molecular complexity index is 463. The van der Waals surface area contributed by atoms with Gasteiger partial charge in [-0.15, -0.1) is 0 Å². The number of hydrogen-bond acceptors (Lipinski definition) is 5. The minimum Gasteiger partial charge on any atom is -0.394 e. The molecular weight excluding hydrogens is 322 g/mol. The van der Waals surface area contributed by atoms with E-state index in [1.807, 2.05) is 6.08 Å². The van der Waals surface area contributed by atoms with Crippen LogP contribution < -0.4 is 10.6 Å². The molecule has 142 valence electrons. The molecule has 0 aromatic rings. The molecule has 0 aromatic carbocycles. The highest BCUT2D eigenvalue weighted by Crippen LogP contribution is 2.16. The number of carbonyl (C=O) groups excluding carboxylic acids is 2. The Morgan fingerprint density at radius 3 is 2.64 bits per heavy atom. The van der Waals surface area contributed by atoms with Gasteiger partial charge in [0.25, 0.3) is 0 Å². The molecule has 0 aliphatic carbocycles. The second-order valence-electron chi connectivity index (χ2n) is 6.68. The Morgan fingerprint density at radius 2 is 1.96 bits per heavy atom.